The first-order valence-corrected chi connectivity index (χ1v) is 8.44. The van der Waals surface area contributed by atoms with E-state index in [1.807, 2.05) is 24.3 Å². The molecule has 2 aromatic carbocycles. The van der Waals surface area contributed by atoms with Crippen molar-refractivity contribution in [2.45, 2.75) is 13.0 Å². The number of hydrogen-bond donors (Lipinski definition) is 2. The van der Waals surface area contributed by atoms with Gasteiger partial charge in [-0.05, 0) is 30.7 Å². The fourth-order valence-electron chi connectivity index (χ4n) is 2.23. The number of benzene rings is 2. The summed E-state index contributed by atoms with van der Waals surface area (Å²) >= 11 is 7.32. The second-order valence-electron chi connectivity index (χ2n) is 5.22. The molecule has 122 valence electrons. The summed E-state index contributed by atoms with van der Waals surface area (Å²) in [5.74, 6) is -0.307. The lowest BCUT2D eigenvalue weighted by Crippen LogP contribution is -2.12. The molecule has 0 unspecified atom stereocenters. The van der Waals surface area contributed by atoms with Crippen molar-refractivity contribution in [3.63, 3.8) is 0 Å². The molecule has 0 saturated carbocycles. The third kappa shape index (κ3) is 3.90. The summed E-state index contributed by atoms with van der Waals surface area (Å²) in [4.78, 5) is 12.0. The maximum absolute atomic E-state index is 12.0. The van der Waals surface area contributed by atoms with Crippen LogP contribution in [0.2, 0.25) is 5.02 Å². The first kappa shape index (κ1) is 16.4. The Bertz CT molecular complexity index is 824. The molecule has 0 radical (unpaired) electrons. The molecule has 1 amide bonds. The lowest BCUT2D eigenvalue weighted by molar-refractivity contribution is 0.102. The van der Waals surface area contributed by atoms with Crippen molar-refractivity contribution in [1.82, 2.24) is 8.75 Å². The predicted octanol–water partition coefficient (Wildman–Crippen LogP) is 4.62. The van der Waals surface area contributed by atoms with Gasteiger partial charge in [0, 0.05) is 11.7 Å². The average molecular weight is 359 g/mol. The van der Waals surface area contributed by atoms with Crippen LogP contribution in [0.1, 0.15) is 29.0 Å². The van der Waals surface area contributed by atoms with Crippen LogP contribution >= 0.6 is 23.3 Å². The highest BCUT2D eigenvalue weighted by molar-refractivity contribution is 6.99. The molecule has 0 aliphatic heterocycles. The summed E-state index contributed by atoms with van der Waals surface area (Å²) in [6.07, 6.45) is 1.43. The Kier molecular flexibility index (Phi) is 5.08. The molecule has 0 aliphatic carbocycles. The molecular formula is C17H15ClN4OS. The molecule has 3 rings (SSSR count). The lowest BCUT2D eigenvalue weighted by atomic mass is 10.1. The fraction of sp³-hybridized carbons (Fsp3) is 0.118. The van der Waals surface area contributed by atoms with Crippen molar-refractivity contribution in [1.29, 1.82) is 0 Å². The molecular weight excluding hydrogens is 344 g/mol. The summed E-state index contributed by atoms with van der Waals surface area (Å²) in [5.41, 5.74) is 2.87. The molecule has 1 atom stereocenters. The molecule has 0 fully saturated rings. The molecule has 0 spiro atoms. The minimum absolute atomic E-state index is 0.116. The van der Waals surface area contributed by atoms with Crippen molar-refractivity contribution >= 4 is 40.6 Å². The van der Waals surface area contributed by atoms with Crippen molar-refractivity contribution < 1.29 is 4.79 Å². The number of rotatable bonds is 5. The Morgan fingerprint density at radius 3 is 2.67 bits per heavy atom. The third-order valence-electron chi connectivity index (χ3n) is 3.49. The van der Waals surface area contributed by atoms with Crippen LogP contribution in [-0.2, 0) is 0 Å². The molecule has 5 nitrogen and oxygen atoms in total. The average Bonchev–Trinajstić information content (AvgIpc) is 3.13. The van der Waals surface area contributed by atoms with Gasteiger partial charge in [-0.15, -0.1) is 0 Å². The zero-order valence-corrected chi connectivity index (χ0v) is 14.4. The number of anilines is 2. The van der Waals surface area contributed by atoms with Gasteiger partial charge in [-0.1, -0.05) is 41.9 Å². The second kappa shape index (κ2) is 7.42. The second-order valence-corrected chi connectivity index (χ2v) is 6.18. The smallest absolute Gasteiger partial charge is 0.277 e. The van der Waals surface area contributed by atoms with Gasteiger partial charge in [0.2, 0.25) is 0 Å². The van der Waals surface area contributed by atoms with E-state index in [1.54, 1.807) is 12.1 Å². The van der Waals surface area contributed by atoms with E-state index in [0.29, 0.717) is 10.7 Å². The van der Waals surface area contributed by atoms with Crippen LogP contribution < -0.4 is 10.6 Å². The van der Waals surface area contributed by atoms with Crippen molar-refractivity contribution in [3.05, 3.63) is 71.0 Å². The van der Waals surface area contributed by atoms with E-state index in [1.165, 1.54) is 11.8 Å². The summed E-state index contributed by atoms with van der Waals surface area (Å²) in [5, 5.41) is 6.65. The molecule has 0 aliphatic rings. The number of nitrogens with zero attached hydrogens (tertiary/aromatic N) is 2. The molecule has 0 saturated heterocycles. The normalized spacial score (nSPS) is 11.8. The zero-order valence-electron chi connectivity index (χ0n) is 12.9. The number of amides is 1. The highest BCUT2D eigenvalue weighted by Gasteiger charge is 2.11. The van der Waals surface area contributed by atoms with Crippen LogP contribution in [0.25, 0.3) is 0 Å². The largest absolute Gasteiger partial charge is 0.377 e. The van der Waals surface area contributed by atoms with Crippen LogP contribution in [0.4, 0.5) is 11.4 Å². The van der Waals surface area contributed by atoms with Gasteiger partial charge in [0.05, 0.1) is 28.6 Å². The van der Waals surface area contributed by atoms with Crippen molar-refractivity contribution in [2.75, 3.05) is 10.6 Å². The van der Waals surface area contributed by atoms with Crippen LogP contribution in [0.5, 0.6) is 0 Å². The van der Waals surface area contributed by atoms with E-state index >= 15 is 0 Å². The topological polar surface area (TPSA) is 66.9 Å². The highest BCUT2D eigenvalue weighted by atomic mass is 35.5. The Labute approximate surface area is 149 Å². The summed E-state index contributed by atoms with van der Waals surface area (Å²) in [7, 11) is 0. The molecule has 1 heterocycles. The number of nitrogens with one attached hydrogen (secondary N) is 2. The number of carbonyl (C=O) groups excluding carboxylic acids is 1. The number of halogens is 1. The maximum Gasteiger partial charge on any atom is 0.277 e. The third-order valence-corrected chi connectivity index (χ3v) is 4.28. The Morgan fingerprint density at radius 2 is 2.00 bits per heavy atom. The summed E-state index contributed by atoms with van der Waals surface area (Å²) in [6, 6.07) is 15.6. The van der Waals surface area contributed by atoms with Gasteiger partial charge in [-0.25, -0.2) is 0 Å². The van der Waals surface area contributed by atoms with Crippen LogP contribution in [-0.4, -0.2) is 14.7 Å². The quantitative estimate of drug-likeness (QED) is 0.698. The minimum atomic E-state index is -0.307. The van der Waals surface area contributed by atoms with Gasteiger partial charge in [0.25, 0.3) is 5.91 Å². The van der Waals surface area contributed by atoms with E-state index in [9.17, 15) is 4.79 Å². The van der Waals surface area contributed by atoms with Crippen LogP contribution in [0.3, 0.4) is 0 Å². The van der Waals surface area contributed by atoms with Gasteiger partial charge in [0.1, 0.15) is 0 Å². The maximum atomic E-state index is 12.0. The number of aromatic nitrogens is 2. The standard InChI is InChI=1S/C17H15ClN4OS/c1-11(12-5-3-2-4-6-12)20-15-8-7-13(9-14(15)18)21-17(23)16-10-19-24-22-16/h2-11,20H,1H3,(H,21,23)/t11-/m1/s1. The van der Waals surface area contributed by atoms with Crippen LogP contribution in [0.15, 0.2) is 54.7 Å². The molecule has 24 heavy (non-hydrogen) atoms. The molecule has 1 aromatic heterocycles. The van der Waals surface area contributed by atoms with E-state index in [4.69, 9.17) is 11.6 Å². The van der Waals surface area contributed by atoms with Crippen molar-refractivity contribution in [2.24, 2.45) is 0 Å². The van der Waals surface area contributed by atoms with E-state index in [0.717, 1.165) is 17.4 Å². The van der Waals surface area contributed by atoms with Gasteiger partial charge < -0.3 is 10.6 Å². The van der Waals surface area contributed by atoms with Gasteiger partial charge in [0.15, 0.2) is 5.69 Å². The van der Waals surface area contributed by atoms with E-state index in [-0.39, 0.29) is 17.6 Å². The first-order valence-electron chi connectivity index (χ1n) is 7.33. The molecule has 3 aromatic rings. The van der Waals surface area contributed by atoms with E-state index in [2.05, 4.69) is 38.4 Å². The predicted molar refractivity (Wildman–Crippen MR) is 97.8 cm³/mol. The Morgan fingerprint density at radius 1 is 1.21 bits per heavy atom. The summed E-state index contributed by atoms with van der Waals surface area (Å²) < 4.78 is 7.71. The first-order chi connectivity index (χ1) is 11.6. The minimum Gasteiger partial charge on any atom is -0.377 e. The van der Waals surface area contributed by atoms with E-state index < -0.39 is 0 Å². The lowest BCUT2D eigenvalue weighted by Gasteiger charge is -2.17. The monoisotopic (exact) mass is 358 g/mol. The van der Waals surface area contributed by atoms with Gasteiger partial charge >= 0.3 is 0 Å². The SMILES string of the molecule is C[C@@H](Nc1ccc(NC(=O)c2cnsn2)cc1Cl)c1ccccc1. The number of hydrogen-bond acceptors (Lipinski definition) is 5. The Hall–Kier alpha value is -2.44. The molecule has 0 bridgehead atoms. The molecule has 7 heteroatoms. The number of carbonyl (C=O) groups is 1. The Balaban J connectivity index is 1.69. The summed E-state index contributed by atoms with van der Waals surface area (Å²) in [6.45, 7) is 2.07. The van der Waals surface area contributed by atoms with Crippen LogP contribution in [0, 0.1) is 0 Å². The van der Waals surface area contributed by atoms with Gasteiger partial charge in [-0.3, -0.25) is 4.79 Å². The highest BCUT2D eigenvalue weighted by Crippen LogP contribution is 2.29. The fourth-order valence-corrected chi connectivity index (χ4v) is 2.88. The van der Waals surface area contributed by atoms with Crippen molar-refractivity contribution in [3.8, 4) is 0 Å². The zero-order chi connectivity index (χ0) is 16.9. The van der Waals surface area contributed by atoms with Gasteiger partial charge in [-0.2, -0.15) is 8.75 Å². The molecule has 2 N–H and O–H groups in total.